The third kappa shape index (κ3) is 4.88. The molecule has 1 atom stereocenters. The van der Waals surface area contributed by atoms with Gasteiger partial charge in [-0.25, -0.2) is 29.9 Å². The minimum atomic E-state index is 0.0296. The van der Waals surface area contributed by atoms with Crippen LogP contribution in [0.2, 0.25) is 0 Å². The van der Waals surface area contributed by atoms with Crippen LogP contribution in [-0.2, 0) is 24.2 Å². The minimum absolute atomic E-state index is 0.0296. The van der Waals surface area contributed by atoms with Gasteiger partial charge in [-0.1, -0.05) is 60.7 Å². The maximum atomic E-state index is 5.61. The highest BCUT2D eigenvalue weighted by molar-refractivity contribution is 5.74. The van der Waals surface area contributed by atoms with Gasteiger partial charge in [0.15, 0.2) is 11.3 Å². The molecule has 0 fully saturated rings. The van der Waals surface area contributed by atoms with Gasteiger partial charge in [-0.3, -0.25) is 0 Å². The van der Waals surface area contributed by atoms with E-state index < -0.39 is 0 Å². The molecule has 4 heterocycles. The summed E-state index contributed by atoms with van der Waals surface area (Å²) in [6.45, 7) is 1.94. The maximum absolute atomic E-state index is 5.61. The number of fused-ring (bicyclic) bond motifs is 2. The molecule has 0 saturated carbocycles. The van der Waals surface area contributed by atoms with E-state index in [4.69, 9.17) is 9.72 Å². The van der Waals surface area contributed by atoms with Crippen molar-refractivity contribution in [2.24, 2.45) is 0 Å². The minimum Gasteiger partial charge on any atom is -0.384 e. The van der Waals surface area contributed by atoms with Gasteiger partial charge in [0.2, 0.25) is 0 Å². The van der Waals surface area contributed by atoms with E-state index in [0.29, 0.717) is 26.1 Å². The molecule has 0 aliphatic carbocycles. The van der Waals surface area contributed by atoms with Gasteiger partial charge in [0.1, 0.15) is 23.7 Å². The molecule has 0 bridgehead atoms. The molecular weight excluding hydrogens is 476 g/mol. The second-order valence-corrected chi connectivity index (χ2v) is 9.33. The number of ether oxygens (including phenoxy) is 1. The van der Waals surface area contributed by atoms with Crippen LogP contribution in [0.4, 0.5) is 0 Å². The van der Waals surface area contributed by atoms with Crippen molar-refractivity contribution in [3.63, 3.8) is 0 Å². The molecule has 0 radical (unpaired) electrons. The Morgan fingerprint density at radius 3 is 1.89 bits per heavy atom. The summed E-state index contributed by atoms with van der Waals surface area (Å²) in [7, 11) is 1.72. The van der Waals surface area contributed by atoms with E-state index in [-0.39, 0.29) is 5.92 Å². The SMILES string of the molecule is COCC(CCc1ncnc2c1ncn2Cc1ccccc1)c1ncnc2c1ncn2Cc1ccccc1. The van der Waals surface area contributed by atoms with E-state index in [1.807, 2.05) is 49.1 Å². The van der Waals surface area contributed by atoms with Gasteiger partial charge in [-0.05, 0) is 24.0 Å². The van der Waals surface area contributed by atoms with Crippen LogP contribution in [0.15, 0.2) is 86.0 Å². The van der Waals surface area contributed by atoms with Crippen LogP contribution >= 0.6 is 0 Å². The molecular formula is C29H28N8O. The molecule has 0 saturated heterocycles. The Labute approximate surface area is 220 Å². The Balaban J connectivity index is 1.25. The molecule has 38 heavy (non-hydrogen) atoms. The highest BCUT2D eigenvalue weighted by atomic mass is 16.5. The summed E-state index contributed by atoms with van der Waals surface area (Å²) in [6.07, 6.45) is 8.43. The maximum Gasteiger partial charge on any atom is 0.163 e. The van der Waals surface area contributed by atoms with Gasteiger partial charge in [0.05, 0.1) is 43.7 Å². The van der Waals surface area contributed by atoms with Crippen LogP contribution in [0.1, 0.15) is 34.9 Å². The summed E-state index contributed by atoms with van der Waals surface area (Å²) in [5.74, 6) is 0.0296. The van der Waals surface area contributed by atoms with E-state index in [1.54, 1.807) is 19.8 Å². The normalized spacial score (nSPS) is 12.3. The first kappa shape index (κ1) is 23.9. The zero-order chi connectivity index (χ0) is 25.7. The second kappa shape index (κ2) is 10.9. The summed E-state index contributed by atoms with van der Waals surface area (Å²) < 4.78 is 9.74. The quantitative estimate of drug-likeness (QED) is 0.272. The fourth-order valence-corrected chi connectivity index (χ4v) is 4.91. The van der Waals surface area contributed by atoms with Crippen LogP contribution in [-0.4, -0.2) is 52.8 Å². The molecule has 0 spiro atoms. The Kier molecular flexibility index (Phi) is 6.82. The first-order valence-electron chi connectivity index (χ1n) is 12.7. The summed E-state index contributed by atoms with van der Waals surface area (Å²) in [5, 5.41) is 0. The first-order valence-corrected chi connectivity index (χ1v) is 12.7. The number of hydrogen-bond donors (Lipinski definition) is 0. The van der Waals surface area contributed by atoms with E-state index >= 15 is 0 Å². The average Bonchev–Trinajstić information content (AvgIpc) is 3.57. The van der Waals surface area contributed by atoms with Crippen LogP contribution in [0.3, 0.4) is 0 Å². The zero-order valence-electron chi connectivity index (χ0n) is 21.2. The number of aromatic nitrogens is 8. The van der Waals surface area contributed by atoms with Gasteiger partial charge in [0, 0.05) is 13.0 Å². The number of methoxy groups -OCH3 is 1. The highest BCUT2D eigenvalue weighted by Crippen LogP contribution is 2.27. The van der Waals surface area contributed by atoms with Gasteiger partial charge >= 0.3 is 0 Å². The molecule has 0 aliphatic heterocycles. The topological polar surface area (TPSA) is 96.4 Å². The fraction of sp³-hybridized carbons (Fsp3) is 0.241. The molecule has 0 amide bonds. The van der Waals surface area contributed by atoms with Crippen LogP contribution in [0.5, 0.6) is 0 Å². The summed E-state index contributed by atoms with van der Waals surface area (Å²) in [4.78, 5) is 27.7. The van der Waals surface area contributed by atoms with Gasteiger partial charge in [0.25, 0.3) is 0 Å². The lowest BCUT2D eigenvalue weighted by molar-refractivity contribution is 0.175. The molecule has 4 aromatic heterocycles. The Bertz CT molecular complexity index is 1650. The predicted molar refractivity (Wildman–Crippen MR) is 145 cm³/mol. The van der Waals surface area contributed by atoms with Crippen molar-refractivity contribution in [1.82, 2.24) is 39.0 Å². The summed E-state index contributed by atoms with van der Waals surface area (Å²) in [6, 6.07) is 20.6. The molecule has 6 rings (SSSR count). The number of rotatable bonds is 10. The number of benzene rings is 2. The van der Waals surface area contributed by atoms with Crippen LogP contribution in [0.25, 0.3) is 22.3 Å². The Morgan fingerprint density at radius 2 is 1.26 bits per heavy atom. The van der Waals surface area contributed by atoms with Gasteiger partial charge in [-0.2, -0.15) is 0 Å². The third-order valence-electron chi connectivity index (χ3n) is 6.78. The van der Waals surface area contributed by atoms with Gasteiger partial charge in [-0.15, -0.1) is 0 Å². The number of imidazole rings is 2. The molecule has 190 valence electrons. The largest absolute Gasteiger partial charge is 0.384 e. The number of hydrogen-bond acceptors (Lipinski definition) is 7. The van der Waals surface area contributed by atoms with E-state index in [0.717, 1.165) is 40.1 Å². The molecule has 9 heteroatoms. The molecule has 2 aromatic carbocycles. The van der Waals surface area contributed by atoms with Crippen molar-refractivity contribution >= 4 is 22.3 Å². The second-order valence-electron chi connectivity index (χ2n) is 9.33. The fourth-order valence-electron chi connectivity index (χ4n) is 4.91. The monoisotopic (exact) mass is 504 g/mol. The van der Waals surface area contributed by atoms with Gasteiger partial charge < -0.3 is 13.9 Å². The molecule has 0 N–H and O–H groups in total. The van der Waals surface area contributed by atoms with Crippen LogP contribution in [0, 0.1) is 0 Å². The standard InChI is InChI=1S/C29H28N8O/c1-38-16-23(25-27-29(33-18-31-25)37(20-35-27)15-22-10-6-3-7-11-22)12-13-24-26-28(32-17-30-24)36(19-34-26)14-21-8-4-2-5-9-21/h2-11,17-20,23H,12-16H2,1H3. The van der Waals surface area contributed by atoms with Crippen molar-refractivity contribution < 1.29 is 4.74 Å². The number of nitrogens with zero attached hydrogens (tertiary/aromatic N) is 8. The lowest BCUT2D eigenvalue weighted by Crippen LogP contribution is -2.12. The molecule has 1 unspecified atom stereocenters. The lowest BCUT2D eigenvalue weighted by atomic mass is 9.97. The predicted octanol–water partition coefficient (Wildman–Crippen LogP) is 4.43. The smallest absolute Gasteiger partial charge is 0.163 e. The van der Waals surface area contributed by atoms with Crippen molar-refractivity contribution in [3.05, 3.63) is 108 Å². The third-order valence-corrected chi connectivity index (χ3v) is 6.78. The lowest BCUT2D eigenvalue weighted by Gasteiger charge is -2.16. The summed E-state index contributed by atoms with van der Waals surface area (Å²) >= 11 is 0. The molecule has 0 aliphatic rings. The number of aryl methyl sites for hydroxylation is 1. The highest BCUT2D eigenvalue weighted by Gasteiger charge is 2.21. The van der Waals surface area contributed by atoms with E-state index in [1.165, 1.54) is 11.1 Å². The first-order chi connectivity index (χ1) is 18.8. The molecule has 9 nitrogen and oxygen atoms in total. The Morgan fingerprint density at radius 1 is 0.684 bits per heavy atom. The van der Waals surface area contributed by atoms with Crippen molar-refractivity contribution in [2.75, 3.05) is 13.7 Å². The van der Waals surface area contributed by atoms with E-state index in [9.17, 15) is 0 Å². The van der Waals surface area contributed by atoms with Crippen LogP contribution < -0.4 is 0 Å². The molecule has 6 aromatic rings. The van der Waals surface area contributed by atoms with Crippen molar-refractivity contribution in [1.29, 1.82) is 0 Å². The van der Waals surface area contributed by atoms with Crippen molar-refractivity contribution in [2.45, 2.75) is 31.8 Å². The average molecular weight is 505 g/mol. The summed E-state index contributed by atoms with van der Waals surface area (Å²) in [5.41, 5.74) is 7.51. The van der Waals surface area contributed by atoms with Crippen molar-refractivity contribution in [3.8, 4) is 0 Å². The Hall–Kier alpha value is -4.50. The zero-order valence-corrected chi connectivity index (χ0v) is 21.2. The van der Waals surface area contributed by atoms with E-state index in [2.05, 4.69) is 58.3 Å².